The van der Waals surface area contributed by atoms with Crippen LogP contribution in [0.2, 0.25) is 0 Å². The molecule has 4 heteroatoms. The molecule has 76 valence electrons. The van der Waals surface area contributed by atoms with Crippen LogP contribution >= 0.6 is 27.2 Å². The van der Waals surface area contributed by atoms with Crippen LogP contribution in [-0.4, -0.2) is 11.7 Å². The number of rotatable bonds is 0. The molecular weight excluding hydrogens is 281 g/mol. The predicted molar refractivity (Wildman–Crippen MR) is 77.7 cm³/mol. The normalized spacial score (nSPS) is 13.4. The Kier molecular flexibility index (Phi) is 2.61. The molecule has 0 aliphatic carbocycles. The SMILES string of the molecule is ClB1c2ccccc2B(Br)c2ccccc21. The average Bonchev–Trinajstić information content (AvgIpc) is 2.36. The topological polar surface area (TPSA) is 0 Å². The summed E-state index contributed by atoms with van der Waals surface area (Å²) in [6.07, 6.45) is -0.0267. The molecule has 0 amide bonds. The Morgan fingerprint density at radius 2 is 1.12 bits per heavy atom. The second-order valence-corrected chi connectivity index (χ2v) is 5.34. The Hall–Kier alpha value is -0.660. The molecule has 0 N–H and O–H groups in total. The summed E-state index contributed by atoms with van der Waals surface area (Å²) in [5, 5.41) is 0. The number of halogens is 2. The van der Waals surface area contributed by atoms with E-state index >= 15 is 0 Å². The second kappa shape index (κ2) is 3.97. The van der Waals surface area contributed by atoms with Crippen LogP contribution < -0.4 is 21.9 Å². The van der Waals surface area contributed by atoms with Gasteiger partial charge in [-0.2, -0.15) is 11.5 Å². The maximum atomic E-state index is 6.52. The lowest BCUT2D eigenvalue weighted by atomic mass is 9.43. The Balaban J connectivity index is 2.26. The van der Waals surface area contributed by atoms with E-state index in [4.69, 9.17) is 11.5 Å². The van der Waals surface area contributed by atoms with Gasteiger partial charge >= 0.3 is 6.13 Å². The number of hydrogen-bond acceptors (Lipinski definition) is 0. The Bertz CT molecular complexity index is 449. The summed E-state index contributed by atoms with van der Waals surface area (Å²) >= 11 is 10.3. The first-order valence-electron chi connectivity index (χ1n) is 5.25. The van der Waals surface area contributed by atoms with Gasteiger partial charge in [-0.25, -0.2) is 0 Å². The van der Waals surface area contributed by atoms with Crippen LogP contribution in [0.1, 0.15) is 0 Å². The highest BCUT2D eigenvalue weighted by Crippen LogP contribution is 2.05. The number of benzene rings is 2. The fourth-order valence-electron chi connectivity index (χ4n) is 2.28. The van der Waals surface area contributed by atoms with Gasteiger partial charge in [-0.15, -0.1) is 15.8 Å². The first-order valence-corrected chi connectivity index (χ1v) is 6.60. The fourth-order valence-corrected chi connectivity index (χ4v) is 3.51. The molecule has 1 aliphatic heterocycles. The Labute approximate surface area is 109 Å². The van der Waals surface area contributed by atoms with E-state index in [1.807, 2.05) is 12.1 Å². The van der Waals surface area contributed by atoms with Crippen LogP contribution in [0.4, 0.5) is 0 Å². The maximum Gasteiger partial charge on any atom is 0.314 e. The molecule has 0 atom stereocenters. The van der Waals surface area contributed by atoms with Crippen LogP contribution in [0.3, 0.4) is 0 Å². The molecule has 0 saturated heterocycles. The van der Waals surface area contributed by atoms with Gasteiger partial charge in [0.2, 0.25) is 0 Å². The third-order valence-electron chi connectivity index (χ3n) is 3.08. The highest BCUT2D eigenvalue weighted by Gasteiger charge is 2.33. The molecule has 2 aromatic carbocycles. The molecule has 16 heavy (non-hydrogen) atoms. The average molecular weight is 289 g/mol. The predicted octanol–water partition coefficient (Wildman–Crippen LogP) is 0.845. The van der Waals surface area contributed by atoms with Gasteiger partial charge in [-0.1, -0.05) is 70.4 Å². The van der Waals surface area contributed by atoms with Crippen LogP contribution in [0.15, 0.2) is 48.5 Å². The minimum absolute atomic E-state index is 0.0267. The van der Waals surface area contributed by atoms with Crippen LogP contribution in [0, 0.1) is 0 Å². The molecule has 0 unspecified atom stereocenters. The lowest BCUT2D eigenvalue weighted by molar-refractivity contribution is 1.77. The molecule has 0 spiro atoms. The maximum absolute atomic E-state index is 6.52. The van der Waals surface area contributed by atoms with E-state index in [1.165, 1.54) is 21.9 Å². The summed E-state index contributed by atoms with van der Waals surface area (Å²) in [7, 11) is 0. The third-order valence-corrected chi connectivity index (χ3v) is 4.54. The summed E-state index contributed by atoms with van der Waals surface area (Å²) < 4.78 is 0. The van der Waals surface area contributed by atoms with Crippen molar-refractivity contribution in [3.05, 3.63) is 48.5 Å². The van der Waals surface area contributed by atoms with Gasteiger partial charge in [0.25, 0.3) is 5.54 Å². The van der Waals surface area contributed by atoms with Gasteiger partial charge in [0.05, 0.1) is 0 Å². The van der Waals surface area contributed by atoms with Gasteiger partial charge < -0.3 is 0 Å². The summed E-state index contributed by atoms with van der Waals surface area (Å²) in [4.78, 5) is 0. The van der Waals surface area contributed by atoms with Gasteiger partial charge in [0.1, 0.15) is 0 Å². The van der Waals surface area contributed by atoms with Crippen molar-refractivity contribution in [1.82, 2.24) is 0 Å². The summed E-state index contributed by atoms with van der Waals surface area (Å²) in [5.41, 5.74) is 5.24. The van der Waals surface area contributed by atoms with Crippen LogP contribution in [-0.2, 0) is 0 Å². The van der Waals surface area contributed by atoms with Crippen molar-refractivity contribution >= 4 is 60.7 Å². The summed E-state index contributed by atoms with van der Waals surface area (Å²) in [6, 6.07) is 16.7. The molecule has 1 heterocycles. The largest absolute Gasteiger partial charge is 0.314 e. The number of fused-ring (bicyclic) bond motifs is 2. The minimum Gasteiger partial charge on any atom is -0.182 e. The Morgan fingerprint density at radius 3 is 1.56 bits per heavy atom. The third kappa shape index (κ3) is 1.46. The molecular formula is C12H8B2BrCl. The van der Waals surface area contributed by atoms with E-state index < -0.39 is 0 Å². The van der Waals surface area contributed by atoms with Crippen molar-refractivity contribution < 1.29 is 0 Å². The number of hydrogen-bond donors (Lipinski definition) is 0. The quantitative estimate of drug-likeness (QED) is 0.631. The van der Waals surface area contributed by atoms with Gasteiger partial charge in [-0.05, 0) is 0 Å². The van der Waals surface area contributed by atoms with E-state index in [0.717, 1.165) is 0 Å². The minimum atomic E-state index is -0.0267. The van der Waals surface area contributed by atoms with E-state index in [0.29, 0.717) is 0 Å². The fraction of sp³-hybridized carbons (Fsp3) is 0. The molecule has 2 aromatic rings. The highest BCUT2D eigenvalue weighted by atomic mass is 79.9. The van der Waals surface area contributed by atoms with E-state index in [9.17, 15) is 0 Å². The van der Waals surface area contributed by atoms with Crippen LogP contribution in [0.5, 0.6) is 0 Å². The molecule has 3 rings (SSSR count). The van der Waals surface area contributed by atoms with Crippen molar-refractivity contribution in [3.63, 3.8) is 0 Å². The van der Waals surface area contributed by atoms with Gasteiger partial charge in [0, 0.05) is 0 Å². The molecule has 0 aromatic heterocycles. The second-order valence-electron chi connectivity index (χ2n) is 3.98. The van der Waals surface area contributed by atoms with Crippen LogP contribution in [0.25, 0.3) is 0 Å². The molecule has 1 aliphatic rings. The smallest absolute Gasteiger partial charge is 0.182 e. The van der Waals surface area contributed by atoms with E-state index in [2.05, 4.69) is 52.2 Å². The van der Waals surface area contributed by atoms with Crippen molar-refractivity contribution in [2.75, 3.05) is 0 Å². The van der Waals surface area contributed by atoms with Crippen molar-refractivity contribution in [2.45, 2.75) is 0 Å². The first kappa shape index (κ1) is 10.5. The molecule has 0 radical (unpaired) electrons. The van der Waals surface area contributed by atoms with Gasteiger partial charge in [-0.3, -0.25) is 0 Å². The lowest BCUT2D eigenvalue weighted by Crippen LogP contribution is -2.64. The van der Waals surface area contributed by atoms with Crippen molar-refractivity contribution in [2.24, 2.45) is 0 Å². The van der Waals surface area contributed by atoms with E-state index in [1.54, 1.807) is 0 Å². The molecule has 0 saturated carbocycles. The standard InChI is InChI=1S/C12H8B2BrCl/c15-13-9-5-1-3-7-11(9)14(16)12-8-4-2-6-10(12)13/h1-8H. The molecule has 0 bridgehead atoms. The Morgan fingerprint density at radius 1 is 0.750 bits per heavy atom. The van der Waals surface area contributed by atoms with Gasteiger partial charge in [0.15, 0.2) is 0 Å². The van der Waals surface area contributed by atoms with Crippen molar-refractivity contribution in [1.29, 1.82) is 0 Å². The van der Waals surface area contributed by atoms with Crippen molar-refractivity contribution in [3.8, 4) is 0 Å². The zero-order chi connectivity index (χ0) is 11.1. The first-order chi connectivity index (χ1) is 7.79. The summed E-state index contributed by atoms with van der Waals surface area (Å²) in [5.74, 6) is 0. The molecule has 0 nitrogen and oxygen atoms in total. The summed E-state index contributed by atoms with van der Waals surface area (Å²) in [6.45, 7) is 0. The zero-order valence-electron chi connectivity index (χ0n) is 8.53. The lowest BCUT2D eigenvalue weighted by Gasteiger charge is -2.24. The zero-order valence-corrected chi connectivity index (χ0v) is 10.9. The molecule has 0 fully saturated rings. The van der Waals surface area contributed by atoms with E-state index in [-0.39, 0.29) is 11.7 Å². The highest BCUT2D eigenvalue weighted by molar-refractivity contribution is 9.25. The monoisotopic (exact) mass is 288 g/mol.